The van der Waals surface area contributed by atoms with Crippen molar-refractivity contribution in [3.05, 3.63) is 17.5 Å². The summed E-state index contributed by atoms with van der Waals surface area (Å²) in [5, 5.41) is 6.90. The largest absolute Gasteiger partial charge is 0.360 e. The molecule has 28 heavy (non-hydrogen) atoms. The predicted octanol–water partition coefficient (Wildman–Crippen LogP) is 0.484. The van der Waals surface area contributed by atoms with Gasteiger partial charge in [0.15, 0.2) is 5.69 Å². The van der Waals surface area contributed by atoms with Crippen LogP contribution in [0.2, 0.25) is 0 Å². The summed E-state index contributed by atoms with van der Waals surface area (Å²) in [7, 11) is -1.44. The number of aromatic nitrogens is 1. The van der Waals surface area contributed by atoms with Gasteiger partial charge in [-0.25, -0.2) is 0 Å². The van der Waals surface area contributed by atoms with Gasteiger partial charge in [0.25, 0.3) is 16.1 Å². The molecule has 2 atom stereocenters. The summed E-state index contributed by atoms with van der Waals surface area (Å²) in [5.41, 5.74) is 0.307. The van der Waals surface area contributed by atoms with Crippen molar-refractivity contribution in [2.45, 2.75) is 38.1 Å². The molecule has 0 bridgehead atoms. The van der Waals surface area contributed by atoms with Gasteiger partial charge in [-0.3, -0.25) is 4.79 Å². The molecule has 0 aromatic carbocycles. The van der Waals surface area contributed by atoms with E-state index in [-0.39, 0.29) is 17.9 Å². The van der Waals surface area contributed by atoms with Crippen LogP contribution in [0.4, 0.5) is 0 Å². The molecule has 2 aliphatic heterocycles. The Kier molecular flexibility index (Phi) is 5.47. The highest BCUT2D eigenvalue weighted by Crippen LogP contribution is 2.40. The van der Waals surface area contributed by atoms with Gasteiger partial charge >= 0.3 is 0 Å². The van der Waals surface area contributed by atoms with Gasteiger partial charge in [-0.15, -0.1) is 0 Å². The van der Waals surface area contributed by atoms with E-state index in [1.54, 1.807) is 14.7 Å². The maximum atomic E-state index is 12.9. The normalized spacial score (nSPS) is 28.4. The highest BCUT2D eigenvalue weighted by molar-refractivity contribution is 7.86. The standard InChI is InChI=1S/C18H29N5O4S/c1-13-12-23(28(25,26)22-9-7-21(2)8-10-22)6-5-15(13)19-18(24)16-11-17(27-20-16)14-3-4-14/h11,13-15H,3-10,12H2,1-2H3,(H,19,24)/t13-,15+/m0/s1. The predicted molar refractivity (Wildman–Crippen MR) is 103 cm³/mol. The number of amides is 1. The smallest absolute Gasteiger partial charge is 0.282 e. The molecule has 0 radical (unpaired) electrons. The van der Waals surface area contributed by atoms with Crippen molar-refractivity contribution in [1.82, 2.24) is 24.0 Å². The van der Waals surface area contributed by atoms with Gasteiger partial charge in [0.1, 0.15) is 5.76 Å². The van der Waals surface area contributed by atoms with Gasteiger partial charge in [0.05, 0.1) is 0 Å². The molecule has 3 heterocycles. The highest BCUT2D eigenvalue weighted by atomic mass is 32.2. The van der Waals surface area contributed by atoms with E-state index in [1.165, 1.54) is 0 Å². The number of carbonyl (C=O) groups is 1. The van der Waals surface area contributed by atoms with Crippen LogP contribution in [0.1, 0.15) is 48.4 Å². The highest BCUT2D eigenvalue weighted by Gasteiger charge is 2.38. The second kappa shape index (κ2) is 7.74. The average Bonchev–Trinajstić information content (AvgIpc) is 3.40. The van der Waals surface area contributed by atoms with E-state index in [9.17, 15) is 13.2 Å². The first-order valence-electron chi connectivity index (χ1n) is 10.1. The molecule has 10 heteroatoms. The number of nitrogens with one attached hydrogen (secondary N) is 1. The summed E-state index contributed by atoms with van der Waals surface area (Å²) < 4.78 is 34.3. The summed E-state index contributed by atoms with van der Waals surface area (Å²) in [6.07, 6.45) is 2.77. The van der Waals surface area contributed by atoms with Gasteiger partial charge in [0, 0.05) is 57.3 Å². The Labute approximate surface area is 166 Å². The SMILES string of the molecule is C[C@H]1CN(S(=O)(=O)N2CCN(C)CC2)CC[C@H]1NC(=O)c1cc(C2CC2)on1. The Hall–Kier alpha value is -1.49. The number of hydrogen-bond acceptors (Lipinski definition) is 6. The van der Waals surface area contributed by atoms with Crippen LogP contribution in [0.5, 0.6) is 0 Å². The molecule has 1 aliphatic carbocycles. The van der Waals surface area contributed by atoms with Crippen LogP contribution in [0.15, 0.2) is 10.6 Å². The summed E-state index contributed by atoms with van der Waals surface area (Å²) >= 11 is 0. The second-order valence-corrected chi connectivity index (χ2v) is 10.2. The van der Waals surface area contributed by atoms with Crippen molar-refractivity contribution >= 4 is 16.1 Å². The average molecular weight is 412 g/mol. The molecular weight excluding hydrogens is 382 g/mol. The van der Waals surface area contributed by atoms with Crippen LogP contribution in [-0.2, 0) is 10.2 Å². The van der Waals surface area contributed by atoms with Crippen LogP contribution >= 0.6 is 0 Å². The van der Waals surface area contributed by atoms with E-state index >= 15 is 0 Å². The van der Waals surface area contributed by atoms with Crippen molar-refractivity contribution in [3.8, 4) is 0 Å². The molecule has 9 nitrogen and oxygen atoms in total. The van der Waals surface area contributed by atoms with Gasteiger partial charge < -0.3 is 14.7 Å². The molecule has 1 aromatic heterocycles. The Bertz CT molecular complexity index is 814. The monoisotopic (exact) mass is 411 g/mol. The van der Waals surface area contributed by atoms with Crippen LogP contribution < -0.4 is 5.32 Å². The molecule has 1 amide bonds. The van der Waals surface area contributed by atoms with E-state index in [4.69, 9.17) is 4.52 Å². The summed E-state index contributed by atoms with van der Waals surface area (Å²) in [4.78, 5) is 14.6. The van der Waals surface area contributed by atoms with E-state index in [2.05, 4.69) is 15.4 Å². The lowest BCUT2D eigenvalue weighted by Crippen LogP contribution is -2.57. The maximum absolute atomic E-state index is 12.9. The van der Waals surface area contributed by atoms with Gasteiger partial charge in [-0.2, -0.15) is 17.0 Å². The maximum Gasteiger partial charge on any atom is 0.282 e. The Morgan fingerprint density at radius 2 is 1.86 bits per heavy atom. The van der Waals surface area contributed by atoms with Crippen molar-refractivity contribution in [2.24, 2.45) is 5.92 Å². The lowest BCUT2D eigenvalue weighted by Gasteiger charge is -2.40. The van der Waals surface area contributed by atoms with E-state index in [0.29, 0.717) is 44.2 Å². The molecule has 1 aromatic rings. The number of piperazine rings is 1. The third-order valence-electron chi connectivity index (χ3n) is 6.04. The molecule has 156 valence electrons. The zero-order chi connectivity index (χ0) is 19.9. The summed E-state index contributed by atoms with van der Waals surface area (Å²) in [6, 6.07) is 1.65. The Morgan fingerprint density at radius 3 is 2.50 bits per heavy atom. The summed E-state index contributed by atoms with van der Waals surface area (Å²) in [6.45, 7) is 5.36. The minimum atomic E-state index is -3.44. The molecule has 0 spiro atoms. The number of piperidine rings is 1. The van der Waals surface area contributed by atoms with E-state index in [0.717, 1.165) is 31.7 Å². The molecular formula is C18H29N5O4S. The van der Waals surface area contributed by atoms with Crippen molar-refractivity contribution in [1.29, 1.82) is 0 Å². The minimum Gasteiger partial charge on any atom is -0.360 e. The minimum absolute atomic E-state index is 0.0229. The zero-order valence-corrected chi connectivity index (χ0v) is 17.3. The van der Waals surface area contributed by atoms with Gasteiger partial charge in [0.2, 0.25) is 0 Å². The lowest BCUT2D eigenvalue weighted by molar-refractivity contribution is 0.0889. The Balaban J connectivity index is 1.33. The van der Waals surface area contributed by atoms with Crippen LogP contribution in [-0.4, -0.2) is 85.4 Å². The Morgan fingerprint density at radius 1 is 1.14 bits per heavy atom. The number of rotatable bonds is 5. The van der Waals surface area contributed by atoms with Crippen LogP contribution in [0.3, 0.4) is 0 Å². The van der Waals surface area contributed by atoms with Gasteiger partial charge in [-0.1, -0.05) is 12.1 Å². The lowest BCUT2D eigenvalue weighted by atomic mass is 9.95. The molecule has 3 fully saturated rings. The third-order valence-corrected chi connectivity index (χ3v) is 8.04. The molecule has 3 aliphatic rings. The molecule has 2 saturated heterocycles. The molecule has 1 saturated carbocycles. The molecule has 1 N–H and O–H groups in total. The van der Waals surface area contributed by atoms with Crippen molar-refractivity contribution in [2.75, 3.05) is 46.3 Å². The third kappa shape index (κ3) is 4.10. The van der Waals surface area contributed by atoms with E-state index < -0.39 is 10.2 Å². The fourth-order valence-corrected chi connectivity index (χ4v) is 5.62. The summed E-state index contributed by atoms with van der Waals surface area (Å²) in [5.74, 6) is 0.972. The zero-order valence-electron chi connectivity index (χ0n) is 16.5. The van der Waals surface area contributed by atoms with Crippen molar-refractivity contribution < 1.29 is 17.7 Å². The number of likely N-dealkylation sites (N-methyl/N-ethyl adjacent to an activating group) is 1. The first-order valence-corrected chi connectivity index (χ1v) is 11.5. The first-order chi connectivity index (χ1) is 13.3. The second-order valence-electron chi connectivity index (χ2n) is 8.30. The van der Waals surface area contributed by atoms with Crippen molar-refractivity contribution in [3.63, 3.8) is 0 Å². The van der Waals surface area contributed by atoms with E-state index in [1.807, 2.05) is 14.0 Å². The fraction of sp³-hybridized carbons (Fsp3) is 0.778. The van der Waals surface area contributed by atoms with Gasteiger partial charge in [-0.05, 0) is 32.2 Å². The first kappa shape index (κ1) is 19.8. The number of carbonyl (C=O) groups excluding carboxylic acids is 1. The van der Waals surface area contributed by atoms with Crippen LogP contribution in [0.25, 0.3) is 0 Å². The fourth-order valence-electron chi connectivity index (χ4n) is 3.91. The topological polar surface area (TPSA) is 99.0 Å². The number of hydrogen-bond donors (Lipinski definition) is 1. The van der Waals surface area contributed by atoms with Crippen LogP contribution in [0, 0.1) is 5.92 Å². The quantitative estimate of drug-likeness (QED) is 0.757. The number of nitrogens with zero attached hydrogens (tertiary/aromatic N) is 4. The molecule has 0 unspecified atom stereocenters. The molecule has 4 rings (SSSR count).